The van der Waals surface area contributed by atoms with Crippen LogP contribution < -0.4 is 9.80 Å². The first-order chi connectivity index (χ1) is 51.2. The van der Waals surface area contributed by atoms with Crippen LogP contribution in [0.25, 0.3) is 44.5 Å². The summed E-state index contributed by atoms with van der Waals surface area (Å²) in [6.45, 7) is 27.6. The third-order valence-electron chi connectivity index (χ3n) is 22.4. The molecule has 2 heteroatoms. The molecule has 0 spiro atoms. The Morgan fingerprint density at radius 2 is 0.419 bits per heavy atom. The Hall–Kier alpha value is -9.76. The van der Waals surface area contributed by atoms with Crippen molar-refractivity contribution in [1.29, 1.82) is 0 Å². The summed E-state index contributed by atoms with van der Waals surface area (Å²) in [6.07, 6.45) is 22.1. The molecule has 0 unspecified atom stereocenters. The number of rotatable bonds is 32. The molecule has 0 saturated heterocycles. The number of anilines is 6. The van der Waals surface area contributed by atoms with E-state index >= 15 is 0 Å². The fourth-order valence-electron chi connectivity index (χ4n) is 17.1. The highest BCUT2D eigenvalue weighted by molar-refractivity contribution is 5.87. The first kappa shape index (κ1) is 74.9. The van der Waals surface area contributed by atoms with Crippen LogP contribution in [0.2, 0.25) is 0 Å². The van der Waals surface area contributed by atoms with E-state index in [1.165, 1.54) is 223 Å². The van der Waals surface area contributed by atoms with E-state index < -0.39 is 5.41 Å². The summed E-state index contributed by atoms with van der Waals surface area (Å²) in [4.78, 5) is 5.01. The maximum absolute atomic E-state index is 2.51. The molecule has 12 rings (SSSR count). The van der Waals surface area contributed by atoms with Crippen molar-refractivity contribution in [3.05, 3.63) is 344 Å². The van der Waals surface area contributed by atoms with Gasteiger partial charge in [-0.3, -0.25) is 0 Å². The summed E-state index contributed by atoms with van der Waals surface area (Å²) in [5.74, 6) is 0. The summed E-state index contributed by atoms with van der Waals surface area (Å²) < 4.78 is 0. The lowest BCUT2D eigenvalue weighted by molar-refractivity contribution is 0.667. The zero-order valence-corrected chi connectivity index (χ0v) is 65.4. The largest absolute Gasteiger partial charge is 0.310 e. The van der Waals surface area contributed by atoms with Gasteiger partial charge in [-0.15, -0.1) is 0 Å². The molecule has 0 radical (unpaired) electrons. The van der Waals surface area contributed by atoms with Crippen LogP contribution in [0.3, 0.4) is 0 Å². The van der Waals surface area contributed by atoms with Gasteiger partial charge in [-0.05, 0) is 313 Å². The molecule has 0 heterocycles. The van der Waals surface area contributed by atoms with Crippen molar-refractivity contribution < 1.29 is 0 Å². The van der Waals surface area contributed by atoms with E-state index in [0.29, 0.717) is 0 Å². The Bertz CT molecular complexity index is 4390. The average molecular weight is 1380 g/mol. The minimum Gasteiger partial charge on any atom is -0.310 e. The highest BCUT2D eigenvalue weighted by Crippen LogP contribution is 2.50. The van der Waals surface area contributed by atoms with Crippen LogP contribution >= 0.6 is 0 Å². The van der Waals surface area contributed by atoms with Crippen molar-refractivity contribution in [2.24, 2.45) is 0 Å². The number of hydrogen-bond acceptors (Lipinski definition) is 2. The van der Waals surface area contributed by atoms with Crippen LogP contribution in [0.4, 0.5) is 34.1 Å². The van der Waals surface area contributed by atoms with E-state index in [0.717, 1.165) is 59.8 Å². The van der Waals surface area contributed by atoms with Gasteiger partial charge in [-0.25, -0.2) is 0 Å². The second kappa shape index (κ2) is 35.3. The molecule has 0 atom stereocenters. The smallest absolute Gasteiger partial charge is 0.0701 e. The van der Waals surface area contributed by atoms with Crippen molar-refractivity contribution in [3.8, 4) is 44.5 Å². The number of aryl methyl sites for hydroxylation is 12. The molecule has 12 aromatic rings. The molecule has 0 amide bonds. The van der Waals surface area contributed by atoms with Crippen LogP contribution in [-0.2, 0) is 31.1 Å². The molecule has 0 fully saturated rings. The van der Waals surface area contributed by atoms with Crippen molar-refractivity contribution in [2.75, 3.05) is 9.80 Å². The molecule has 0 bridgehead atoms. The first-order valence-electron chi connectivity index (χ1n) is 40.0. The van der Waals surface area contributed by atoms with Gasteiger partial charge in [0.05, 0.1) is 5.41 Å². The second-order valence-electron chi connectivity index (χ2n) is 30.4. The third kappa shape index (κ3) is 17.1. The van der Waals surface area contributed by atoms with Gasteiger partial charge >= 0.3 is 0 Å². The Balaban J connectivity index is 0.973. The van der Waals surface area contributed by atoms with Gasteiger partial charge in [0.25, 0.3) is 0 Å². The minimum atomic E-state index is -0.713. The highest BCUT2D eigenvalue weighted by Gasteiger charge is 2.39. The number of unbranched alkanes of at least 4 members (excludes halogenated alkanes) is 10. The van der Waals surface area contributed by atoms with Gasteiger partial charge in [-0.1, -0.05) is 274 Å². The molecule has 0 saturated carbocycles. The third-order valence-corrected chi connectivity index (χ3v) is 22.4. The zero-order valence-electron chi connectivity index (χ0n) is 65.4. The van der Waals surface area contributed by atoms with E-state index in [2.05, 4.69) is 348 Å². The van der Waals surface area contributed by atoms with E-state index in [1.54, 1.807) is 0 Å². The maximum atomic E-state index is 2.51. The highest BCUT2D eigenvalue weighted by atomic mass is 15.1. The normalized spacial score (nSPS) is 11.5. The molecule has 12 aromatic carbocycles. The van der Waals surface area contributed by atoms with Crippen LogP contribution in [0, 0.1) is 55.4 Å². The van der Waals surface area contributed by atoms with Crippen LogP contribution in [-0.4, -0.2) is 0 Å². The molecule has 0 aliphatic rings. The Morgan fingerprint density at radius 1 is 0.210 bits per heavy atom. The van der Waals surface area contributed by atoms with Crippen LogP contribution in [0.5, 0.6) is 0 Å². The van der Waals surface area contributed by atoms with Gasteiger partial charge in [0, 0.05) is 34.1 Å². The van der Waals surface area contributed by atoms with Gasteiger partial charge in [0.15, 0.2) is 0 Å². The zero-order chi connectivity index (χ0) is 73.4. The lowest BCUT2D eigenvalue weighted by Gasteiger charge is -2.38. The van der Waals surface area contributed by atoms with E-state index in [-0.39, 0.29) is 0 Å². The molecule has 105 heavy (non-hydrogen) atoms. The van der Waals surface area contributed by atoms with Crippen LogP contribution in [0.1, 0.15) is 207 Å². The van der Waals surface area contributed by atoms with Crippen molar-refractivity contribution in [1.82, 2.24) is 0 Å². The molecule has 0 aliphatic heterocycles. The fourth-order valence-corrected chi connectivity index (χ4v) is 17.1. The molecule has 0 N–H and O–H groups in total. The van der Waals surface area contributed by atoms with Gasteiger partial charge < -0.3 is 9.80 Å². The van der Waals surface area contributed by atoms with E-state index in [4.69, 9.17) is 0 Å². The number of benzene rings is 12. The van der Waals surface area contributed by atoms with Crippen molar-refractivity contribution >= 4 is 34.1 Å². The predicted molar refractivity (Wildman–Crippen MR) is 456 cm³/mol. The number of hydrogen-bond donors (Lipinski definition) is 0. The average Bonchev–Trinajstić information content (AvgIpc) is 0.731. The Kier molecular flexibility index (Phi) is 25.2. The van der Waals surface area contributed by atoms with Crippen molar-refractivity contribution in [2.45, 2.75) is 204 Å². The van der Waals surface area contributed by atoms with E-state index in [9.17, 15) is 0 Å². The standard InChI is InChI=1S/C103H114N2/c1-13-17-21-27-35-83-45-53-87(54-46-83)101-77(9)69-97(70-78(101)10)104(95-65-73(5)99(74(6)66-95)85-49-41-81(42-50-85)33-25-19-15-3)93-61-57-91(58-62-93)103(89-37-29-23-30-38-89,90-39-31-24-32-40-90)92-59-63-94(64-60-92)105(96-67-75(7)100(76(8)68-96)86-51-43-82(44-52-86)34-26-20-16-4)98-71-79(11)102(80(12)72-98)88-55-47-84(48-56-88)36-28-22-18-14-2/h23-24,29-32,37-72H,13-22,25-28,33-36H2,1-12H3. The van der Waals surface area contributed by atoms with Gasteiger partial charge in [0.1, 0.15) is 0 Å². The minimum absolute atomic E-state index is 0.713. The fraction of sp³-hybridized carbons (Fsp3) is 0.301. The summed E-state index contributed by atoms with van der Waals surface area (Å²) in [7, 11) is 0. The lowest BCUT2D eigenvalue weighted by Crippen LogP contribution is -2.31. The molecule has 536 valence electrons. The predicted octanol–water partition coefficient (Wildman–Crippen LogP) is 29.9. The lowest BCUT2D eigenvalue weighted by atomic mass is 9.65. The molecule has 2 nitrogen and oxygen atoms in total. The van der Waals surface area contributed by atoms with Gasteiger partial charge in [-0.2, -0.15) is 0 Å². The molecular formula is C103H114N2. The Labute approximate surface area is 632 Å². The summed E-state index contributed by atoms with van der Waals surface area (Å²) in [6, 6.07) is 98.6. The molecule has 0 aliphatic carbocycles. The molecule has 0 aromatic heterocycles. The van der Waals surface area contributed by atoms with Gasteiger partial charge in [0.2, 0.25) is 0 Å². The number of nitrogens with zero attached hydrogens (tertiary/aromatic N) is 2. The summed E-state index contributed by atoms with van der Waals surface area (Å²) in [5, 5.41) is 0. The quantitative estimate of drug-likeness (QED) is 0.0306. The van der Waals surface area contributed by atoms with Crippen molar-refractivity contribution in [3.63, 3.8) is 0 Å². The SMILES string of the molecule is CCCCCCc1ccc(-c2c(C)cc(N(c3ccc(C(c4ccccc4)(c4ccccc4)c4ccc(N(c5cc(C)c(-c6ccc(CCCCC)cc6)c(C)c5)c5cc(C)c(-c6ccc(CCCCCC)cc6)c(C)c5)cc4)cc3)c3cc(C)c(-c4ccc(CCCCC)cc4)c(C)c3)cc2C)cc1. The maximum Gasteiger partial charge on any atom is 0.0701 e. The monoisotopic (exact) mass is 1380 g/mol. The molecular weight excluding hydrogens is 1270 g/mol. The van der Waals surface area contributed by atoms with E-state index in [1.807, 2.05) is 0 Å². The first-order valence-corrected chi connectivity index (χ1v) is 40.0. The second-order valence-corrected chi connectivity index (χ2v) is 30.4. The Morgan fingerprint density at radius 3 is 0.648 bits per heavy atom. The topological polar surface area (TPSA) is 6.48 Å². The van der Waals surface area contributed by atoms with Crippen LogP contribution in [0.15, 0.2) is 255 Å². The summed E-state index contributed by atoms with van der Waals surface area (Å²) in [5.41, 5.74) is 36.9. The summed E-state index contributed by atoms with van der Waals surface area (Å²) >= 11 is 0.